The Morgan fingerprint density at radius 2 is 1.74 bits per heavy atom. The van der Waals surface area contributed by atoms with Crippen molar-refractivity contribution in [2.45, 2.75) is 13.8 Å². The monoisotopic (exact) mass is 308 g/mol. The van der Waals surface area contributed by atoms with Gasteiger partial charge in [-0.2, -0.15) is 0 Å². The number of benzene rings is 2. The first-order chi connectivity index (χ1) is 10.9. The van der Waals surface area contributed by atoms with Crippen LogP contribution in [0.1, 0.15) is 42.2 Å². The summed E-state index contributed by atoms with van der Waals surface area (Å²) in [4.78, 5) is 37.7. The standard InChI is InChI=1S/C18H16N2O3/c1-10-7-8-12(9-11(10)2)16(21)19-14-6-4-5-13-15(14)18(23)20(3)17(13)22/h4-9H,1-3H3,(H,19,21). The number of nitrogens with zero attached hydrogens (tertiary/aromatic N) is 1. The van der Waals surface area contributed by atoms with E-state index in [1.165, 1.54) is 7.05 Å². The molecule has 0 bridgehead atoms. The number of imide groups is 1. The average molecular weight is 308 g/mol. The highest BCUT2D eigenvalue weighted by atomic mass is 16.2. The number of hydrogen-bond donors (Lipinski definition) is 1. The predicted molar refractivity (Wildman–Crippen MR) is 86.7 cm³/mol. The van der Waals surface area contributed by atoms with Gasteiger partial charge in [0.05, 0.1) is 16.8 Å². The van der Waals surface area contributed by atoms with Gasteiger partial charge in [-0.05, 0) is 49.2 Å². The molecule has 0 radical (unpaired) electrons. The van der Waals surface area contributed by atoms with E-state index in [0.29, 0.717) is 16.8 Å². The van der Waals surface area contributed by atoms with Gasteiger partial charge in [0, 0.05) is 12.6 Å². The van der Waals surface area contributed by atoms with Crippen LogP contribution in [0.3, 0.4) is 0 Å². The summed E-state index contributed by atoms with van der Waals surface area (Å²) in [6.45, 7) is 3.91. The van der Waals surface area contributed by atoms with Crippen molar-refractivity contribution < 1.29 is 14.4 Å². The molecule has 0 unspecified atom stereocenters. The van der Waals surface area contributed by atoms with E-state index >= 15 is 0 Å². The quantitative estimate of drug-likeness (QED) is 0.868. The van der Waals surface area contributed by atoms with Crippen molar-refractivity contribution in [3.8, 4) is 0 Å². The molecule has 0 aliphatic carbocycles. The molecule has 0 spiro atoms. The first-order valence-electron chi connectivity index (χ1n) is 7.24. The molecule has 1 aliphatic heterocycles. The van der Waals surface area contributed by atoms with E-state index in [-0.39, 0.29) is 17.4 Å². The van der Waals surface area contributed by atoms with Crippen LogP contribution in [-0.4, -0.2) is 29.7 Å². The van der Waals surface area contributed by atoms with E-state index < -0.39 is 5.91 Å². The summed E-state index contributed by atoms with van der Waals surface area (Å²) in [5.74, 6) is -1.07. The van der Waals surface area contributed by atoms with Crippen LogP contribution in [0.5, 0.6) is 0 Å². The number of anilines is 1. The van der Waals surface area contributed by atoms with Crippen molar-refractivity contribution in [2.24, 2.45) is 0 Å². The Hall–Kier alpha value is -2.95. The average Bonchev–Trinajstić information content (AvgIpc) is 2.75. The summed E-state index contributed by atoms with van der Waals surface area (Å²) in [6.07, 6.45) is 0. The van der Waals surface area contributed by atoms with Crippen LogP contribution in [-0.2, 0) is 0 Å². The highest BCUT2D eigenvalue weighted by Crippen LogP contribution is 2.28. The maximum absolute atomic E-state index is 12.4. The molecule has 0 atom stereocenters. The van der Waals surface area contributed by atoms with Crippen LogP contribution in [0, 0.1) is 13.8 Å². The summed E-state index contributed by atoms with van der Waals surface area (Å²) >= 11 is 0. The van der Waals surface area contributed by atoms with Gasteiger partial charge in [0.25, 0.3) is 17.7 Å². The predicted octanol–water partition coefficient (Wildman–Crippen LogP) is 2.78. The fraction of sp³-hybridized carbons (Fsp3) is 0.167. The van der Waals surface area contributed by atoms with Crippen molar-refractivity contribution in [3.63, 3.8) is 0 Å². The van der Waals surface area contributed by atoms with Crippen molar-refractivity contribution >= 4 is 23.4 Å². The maximum atomic E-state index is 12.4. The van der Waals surface area contributed by atoms with Gasteiger partial charge in [-0.1, -0.05) is 12.1 Å². The lowest BCUT2D eigenvalue weighted by Crippen LogP contribution is -2.24. The minimum Gasteiger partial charge on any atom is -0.321 e. The lowest BCUT2D eigenvalue weighted by atomic mass is 10.0. The number of aryl methyl sites for hydroxylation is 2. The Morgan fingerprint density at radius 1 is 1.00 bits per heavy atom. The van der Waals surface area contributed by atoms with E-state index in [2.05, 4.69) is 5.32 Å². The molecule has 0 saturated carbocycles. The Labute approximate surface area is 133 Å². The zero-order chi connectivity index (χ0) is 16.7. The molecule has 23 heavy (non-hydrogen) atoms. The molecule has 1 aliphatic rings. The minimum absolute atomic E-state index is 0.247. The number of amides is 3. The molecule has 0 aromatic heterocycles. The Kier molecular flexibility index (Phi) is 3.48. The summed E-state index contributed by atoms with van der Waals surface area (Å²) in [7, 11) is 1.43. The first kappa shape index (κ1) is 15.0. The Balaban J connectivity index is 1.96. The molecular weight excluding hydrogens is 292 g/mol. The lowest BCUT2D eigenvalue weighted by molar-refractivity contribution is 0.0693. The molecule has 5 nitrogen and oxygen atoms in total. The van der Waals surface area contributed by atoms with E-state index in [1.54, 1.807) is 30.3 Å². The van der Waals surface area contributed by atoms with Gasteiger partial charge in [-0.3, -0.25) is 19.3 Å². The Bertz CT molecular complexity index is 855. The molecule has 0 fully saturated rings. The number of fused-ring (bicyclic) bond motifs is 1. The normalized spacial score (nSPS) is 13.3. The van der Waals surface area contributed by atoms with Gasteiger partial charge < -0.3 is 5.32 Å². The van der Waals surface area contributed by atoms with Crippen LogP contribution < -0.4 is 5.32 Å². The van der Waals surface area contributed by atoms with Crippen molar-refractivity contribution in [3.05, 3.63) is 64.2 Å². The van der Waals surface area contributed by atoms with Crippen molar-refractivity contribution in [2.75, 3.05) is 12.4 Å². The number of carbonyl (C=O) groups excluding carboxylic acids is 3. The van der Waals surface area contributed by atoms with Crippen molar-refractivity contribution in [1.82, 2.24) is 4.90 Å². The first-order valence-corrected chi connectivity index (χ1v) is 7.24. The third-order valence-electron chi connectivity index (χ3n) is 4.14. The van der Waals surface area contributed by atoms with Gasteiger partial charge >= 0.3 is 0 Å². The lowest BCUT2D eigenvalue weighted by Gasteiger charge is -2.10. The molecule has 3 amide bonds. The minimum atomic E-state index is -0.402. The smallest absolute Gasteiger partial charge is 0.263 e. The van der Waals surface area contributed by atoms with Crippen molar-refractivity contribution in [1.29, 1.82) is 0 Å². The second-order valence-electron chi connectivity index (χ2n) is 5.65. The van der Waals surface area contributed by atoms with Gasteiger partial charge in [-0.15, -0.1) is 0 Å². The molecular formula is C18H16N2O3. The fourth-order valence-corrected chi connectivity index (χ4v) is 2.58. The Morgan fingerprint density at radius 3 is 2.43 bits per heavy atom. The van der Waals surface area contributed by atoms with E-state index in [4.69, 9.17) is 0 Å². The van der Waals surface area contributed by atoms with Gasteiger partial charge in [0.15, 0.2) is 0 Å². The second kappa shape index (κ2) is 5.35. The second-order valence-corrected chi connectivity index (χ2v) is 5.65. The molecule has 3 rings (SSSR count). The molecule has 1 heterocycles. The third-order valence-corrected chi connectivity index (χ3v) is 4.14. The summed E-state index contributed by atoms with van der Waals surface area (Å²) < 4.78 is 0. The van der Waals surface area contributed by atoms with Gasteiger partial charge in [0.2, 0.25) is 0 Å². The van der Waals surface area contributed by atoms with Crippen LogP contribution in [0.4, 0.5) is 5.69 Å². The summed E-state index contributed by atoms with van der Waals surface area (Å²) in [5, 5.41) is 2.74. The molecule has 0 saturated heterocycles. The highest BCUT2D eigenvalue weighted by Gasteiger charge is 2.35. The topological polar surface area (TPSA) is 66.5 Å². The molecule has 2 aromatic carbocycles. The maximum Gasteiger partial charge on any atom is 0.263 e. The SMILES string of the molecule is Cc1ccc(C(=O)Nc2cccc3c2C(=O)N(C)C3=O)cc1C. The summed E-state index contributed by atoms with van der Waals surface area (Å²) in [5.41, 5.74) is 3.54. The molecule has 116 valence electrons. The van der Waals surface area contributed by atoms with Gasteiger partial charge in [-0.25, -0.2) is 0 Å². The zero-order valence-electron chi connectivity index (χ0n) is 13.1. The van der Waals surface area contributed by atoms with Crippen LogP contribution in [0.15, 0.2) is 36.4 Å². The molecule has 5 heteroatoms. The van der Waals surface area contributed by atoms with Crippen LogP contribution >= 0.6 is 0 Å². The van der Waals surface area contributed by atoms with Gasteiger partial charge in [0.1, 0.15) is 0 Å². The van der Waals surface area contributed by atoms with E-state index in [9.17, 15) is 14.4 Å². The summed E-state index contributed by atoms with van der Waals surface area (Å²) in [6, 6.07) is 10.3. The highest BCUT2D eigenvalue weighted by molar-refractivity contribution is 6.24. The number of rotatable bonds is 2. The number of carbonyl (C=O) groups is 3. The zero-order valence-corrected chi connectivity index (χ0v) is 13.1. The van der Waals surface area contributed by atoms with Crippen LogP contribution in [0.2, 0.25) is 0 Å². The number of hydrogen-bond acceptors (Lipinski definition) is 3. The molecule has 2 aromatic rings. The van der Waals surface area contributed by atoms with E-state index in [0.717, 1.165) is 16.0 Å². The van der Waals surface area contributed by atoms with Crippen LogP contribution in [0.25, 0.3) is 0 Å². The fourth-order valence-electron chi connectivity index (χ4n) is 2.58. The van der Waals surface area contributed by atoms with E-state index in [1.807, 2.05) is 19.9 Å². The molecule has 1 N–H and O–H groups in total. The largest absolute Gasteiger partial charge is 0.321 e. The third kappa shape index (κ3) is 2.40. The number of nitrogens with one attached hydrogen (secondary N) is 1.